The maximum Gasteiger partial charge on any atom is 0.233 e. The van der Waals surface area contributed by atoms with Gasteiger partial charge in [0.05, 0.1) is 12.5 Å². The second kappa shape index (κ2) is 8.41. The van der Waals surface area contributed by atoms with Crippen LogP contribution in [0.15, 0.2) is 55.0 Å². The minimum absolute atomic E-state index is 0.294. The maximum absolute atomic E-state index is 13.6. The SMILES string of the molecule is COc1ccc(C2(C(=O)N3CCCC(Cn4c(C)cnc4-c4cccnc4)C3)CC2)cc1. The van der Waals surface area contributed by atoms with Crippen molar-refractivity contribution in [2.75, 3.05) is 20.2 Å². The fraction of sp³-hybridized carbons (Fsp3) is 0.423. The summed E-state index contributed by atoms with van der Waals surface area (Å²) in [6, 6.07) is 12.0. The zero-order valence-electron chi connectivity index (χ0n) is 18.8. The van der Waals surface area contributed by atoms with Crippen LogP contribution in [0.1, 0.15) is 36.9 Å². The van der Waals surface area contributed by atoms with Gasteiger partial charge in [0.1, 0.15) is 11.6 Å². The number of piperidine rings is 1. The predicted octanol–water partition coefficient (Wildman–Crippen LogP) is 4.23. The Labute approximate surface area is 189 Å². The average molecular weight is 431 g/mol. The lowest BCUT2D eigenvalue weighted by atomic mass is 9.91. The number of aromatic nitrogens is 3. The Balaban J connectivity index is 1.31. The number of carbonyl (C=O) groups is 1. The monoisotopic (exact) mass is 430 g/mol. The number of imidazole rings is 1. The molecule has 1 aliphatic carbocycles. The molecule has 1 saturated carbocycles. The summed E-state index contributed by atoms with van der Waals surface area (Å²) in [6.07, 6.45) is 9.62. The Kier molecular flexibility index (Phi) is 5.45. The number of rotatable bonds is 6. The van der Waals surface area contributed by atoms with Crippen LogP contribution < -0.4 is 4.74 Å². The molecule has 1 saturated heterocycles. The van der Waals surface area contributed by atoms with Crippen LogP contribution in [0.4, 0.5) is 0 Å². The van der Waals surface area contributed by atoms with E-state index in [1.54, 1.807) is 13.3 Å². The third-order valence-corrected chi connectivity index (χ3v) is 7.02. The Morgan fingerprint density at radius 3 is 2.69 bits per heavy atom. The number of nitrogens with zero attached hydrogens (tertiary/aromatic N) is 4. The van der Waals surface area contributed by atoms with Crippen LogP contribution in [0.3, 0.4) is 0 Å². The molecule has 6 heteroatoms. The summed E-state index contributed by atoms with van der Waals surface area (Å²) in [5.74, 6) is 2.50. The summed E-state index contributed by atoms with van der Waals surface area (Å²) in [7, 11) is 1.67. The van der Waals surface area contributed by atoms with E-state index in [2.05, 4.69) is 38.5 Å². The molecule has 1 atom stereocenters. The van der Waals surface area contributed by atoms with Crippen LogP contribution in [0, 0.1) is 12.8 Å². The van der Waals surface area contributed by atoms with Crippen molar-refractivity contribution >= 4 is 5.91 Å². The highest BCUT2D eigenvalue weighted by Gasteiger charge is 2.53. The van der Waals surface area contributed by atoms with Crippen LogP contribution >= 0.6 is 0 Å². The number of hydrogen-bond acceptors (Lipinski definition) is 4. The van der Waals surface area contributed by atoms with Crippen LogP contribution in [0.2, 0.25) is 0 Å². The molecule has 3 aromatic rings. The predicted molar refractivity (Wildman–Crippen MR) is 123 cm³/mol. The second-order valence-corrected chi connectivity index (χ2v) is 9.15. The Hall–Kier alpha value is -3.15. The molecule has 5 rings (SSSR count). The molecule has 2 aliphatic rings. The number of carbonyl (C=O) groups excluding carboxylic acids is 1. The molecule has 1 amide bonds. The van der Waals surface area contributed by atoms with E-state index in [0.717, 1.165) is 73.7 Å². The molecule has 0 radical (unpaired) electrons. The first kappa shape index (κ1) is 20.7. The van der Waals surface area contributed by atoms with Crippen molar-refractivity contribution < 1.29 is 9.53 Å². The third kappa shape index (κ3) is 3.78. The van der Waals surface area contributed by atoms with Crippen LogP contribution in [-0.4, -0.2) is 45.5 Å². The molecular formula is C26H30N4O2. The van der Waals surface area contributed by atoms with Gasteiger partial charge in [0.15, 0.2) is 0 Å². The molecule has 2 aromatic heterocycles. The van der Waals surface area contributed by atoms with Crippen molar-refractivity contribution in [1.82, 2.24) is 19.4 Å². The summed E-state index contributed by atoms with van der Waals surface area (Å²) < 4.78 is 7.57. The lowest BCUT2D eigenvalue weighted by molar-refractivity contribution is -0.135. The van der Waals surface area contributed by atoms with E-state index in [1.165, 1.54) is 0 Å². The number of aryl methyl sites for hydroxylation is 1. The Morgan fingerprint density at radius 1 is 1.19 bits per heavy atom. The quantitative estimate of drug-likeness (QED) is 0.587. The smallest absolute Gasteiger partial charge is 0.233 e. The molecule has 6 nitrogen and oxygen atoms in total. The Morgan fingerprint density at radius 2 is 2.00 bits per heavy atom. The number of likely N-dealkylation sites (tertiary alicyclic amines) is 1. The molecule has 0 spiro atoms. The standard InChI is InChI=1S/C26H30N4O2/c1-19-15-28-24(21-6-3-13-27-16-21)30(19)18-20-5-4-14-29(17-20)25(31)26(11-12-26)22-7-9-23(32-2)10-8-22/h3,6-10,13,15-16,20H,4-5,11-12,14,17-18H2,1-2H3. The fourth-order valence-corrected chi connectivity index (χ4v) is 5.04. The normalized spacial score (nSPS) is 19.6. The van der Waals surface area contributed by atoms with Gasteiger partial charge in [-0.05, 0) is 68.4 Å². The summed E-state index contributed by atoms with van der Waals surface area (Å²) in [4.78, 5) is 24.6. The van der Waals surface area contributed by atoms with Crippen molar-refractivity contribution in [2.45, 2.75) is 44.6 Å². The topological polar surface area (TPSA) is 60.2 Å². The first-order valence-electron chi connectivity index (χ1n) is 11.5. The number of amides is 1. The molecule has 1 unspecified atom stereocenters. The number of pyridine rings is 1. The largest absolute Gasteiger partial charge is 0.497 e. The third-order valence-electron chi connectivity index (χ3n) is 7.02. The van der Waals surface area contributed by atoms with Gasteiger partial charge in [0.25, 0.3) is 0 Å². The highest BCUT2D eigenvalue weighted by Crippen LogP contribution is 2.50. The van der Waals surface area contributed by atoms with Gasteiger partial charge in [0, 0.05) is 49.5 Å². The van der Waals surface area contributed by atoms with E-state index in [-0.39, 0.29) is 5.41 Å². The van der Waals surface area contributed by atoms with Crippen LogP contribution in [-0.2, 0) is 16.8 Å². The second-order valence-electron chi connectivity index (χ2n) is 9.15. The van der Waals surface area contributed by atoms with E-state index < -0.39 is 0 Å². The maximum atomic E-state index is 13.6. The molecule has 0 N–H and O–H groups in total. The van der Waals surface area contributed by atoms with E-state index >= 15 is 0 Å². The molecule has 1 aliphatic heterocycles. The summed E-state index contributed by atoms with van der Waals surface area (Å²) in [6.45, 7) is 4.63. The summed E-state index contributed by atoms with van der Waals surface area (Å²) in [5, 5.41) is 0. The van der Waals surface area contributed by atoms with Gasteiger partial charge in [-0.15, -0.1) is 0 Å². The highest BCUT2D eigenvalue weighted by molar-refractivity contribution is 5.91. The van der Waals surface area contributed by atoms with Gasteiger partial charge >= 0.3 is 0 Å². The first-order chi connectivity index (χ1) is 15.6. The molecule has 1 aromatic carbocycles. The summed E-state index contributed by atoms with van der Waals surface area (Å²) in [5.41, 5.74) is 2.96. The van der Waals surface area contributed by atoms with Gasteiger partial charge < -0.3 is 14.2 Å². The summed E-state index contributed by atoms with van der Waals surface area (Å²) >= 11 is 0. The number of benzene rings is 1. The van der Waals surface area contributed by atoms with Crippen molar-refractivity contribution in [3.8, 4) is 17.1 Å². The van der Waals surface area contributed by atoms with Crippen molar-refractivity contribution in [2.24, 2.45) is 5.92 Å². The highest BCUT2D eigenvalue weighted by atomic mass is 16.5. The van der Waals surface area contributed by atoms with Gasteiger partial charge in [-0.25, -0.2) is 4.98 Å². The average Bonchev–Trinajstić information content (AvgIpc) is 3.58. The molecule has 0 bridgehead atoms. The van der Waals surface area contributed by atoms with E-state index in [4.69, 9.17) is 4.74 Å². The molecule has 3 heterocycles. The fourth-order valence-electron chi connectivity index (χ4n) is 5.04. The molecule has 166 valence electrons. The van der Waals surface area contributed by atoms with Gasteiger partial charge in [-0.2, -0.15) is 0 Å². The van der Waals surface area contributed by atoms with Crippen molar-refractivity contribution in [1.29, 1.82) is 0 Å². The van der Waals surface area contributed by atoms with Crippen molar-refractivity contribution in [3.05, 3.63) is 66.2 Å². The van der Waals surface area contributed by atoms with Crippen molar-refractivity contribution in [3.63, 3.8) is 0 Å². The van der Waals surface area contributed by atoms with Gasteiger partial charge in [0.2, 0.25) is 5.91 Å². The van der Waals surface area contributed by atoms with E-state index in [1.807, 2.05) is 36.7 Å². The van der Waals surface area contributed by atoms with E-state index in [9.17, 15) is 4.79 Å². The lowest BCUT2D eigenvalue weighted by Crippen LogP contribution is -2.46. The van der Waals surface area contributed by atoms with E-state index in [0.29, 0.717) is 11.8 Å². The zero-order chi connectivity index (χ0) is 22.1. The molecule has 32 heavy (non-hydrogen) atoms. The Bertz CT molecular complexity index is 1090. The lowest BCUT2D eigenvalue weighted by Gasteiger charge is -2.36. The van der Waals surface area contributed by atoms with Gasteiger partial charge in [-0.3, -0.25) is 9.78 Å². The zero-order valence-corrected chi connectivity index (χ0v) is 18.8. The minimum Gasteiger partial charge on any atom is -0.497 e. The first-order valence-corrected chi connectivity index (χ1v) is 11.5. The van der Waals surface area contributed by atoms with Gasteiger partial charge in [-0.1, -0.05) is 12.1 Å². The molecule has 2 fully saturated rings. The number of ether oxygens (including phenoxy) is 1. The van der Waals surface area contributed by atoms with Crippen LogP contribution in [0.25, 0.3) is 11.4 Å². The minimum atomic E-state index is -0.333. The number of methoxy groups -OCH3 is 1. The number of hydrogen-bond donors (Lipinski definition) is 0. The van der Waals surface area contributed by atoms with Crippen LogP contribution in [0.5, 0.6) is 5.75 Å². The molecular weight excluding hydrogens is 400 g/mol.